The van der Waals surface area contributed by atoms with Crippen molar-refractivity contribution < 1.29 is 14.3 Å². The summed E-state index contributed by atoms with van der Waals surface area (Å²) in [4.78, 5) is 10.8. The number of carboxylic acids is 1. The van der Waals surface area contributed by atoms with Crippen molar-refractivity contribution in [2.45, 2.75) is 19.3 Å². The van der Waals surface area contributed by atoms with E-state index in [1.807, 2.05) is 55.6 Å². The van der Waals surface area contributed by atoms with Gasteiger partial charge in [-0.05, 0) is 24.3 Å². The van der Waals surface area contributed by atoms with Gasteiger partial charge in [-0.3, -0.25) is 4.79 Å². The number of nitrogens with zero attached hydrogens (tertiary/aromatic N) is 2. The highest BCUT2D eigenvalue weighted by molar-refractivity contribution is 5.67. The molecule has 0 saturated heterocycles. The second-order valence-corrected chi connectivity index (χ2v) is 5.21. The maximum absolute atomic E-state index is 10.8. The van der Waals surface area contributed by atoms with Crippen LogP contribution in [0.15, 0.2) is 59.3 Å². The number of carbonyl (C=O) groups is 1. The number of carboxylic acid groups (broad SMARTS) is 1. The Morgan fingerprint density at radius 3 is 2.77 bits per heavy atom. The van der Waals surface area contributed by atoms with Gasteiger partial charge >= 0.3 is 5.97 Å². The molecule has 5 heteroatoms. The normalized spacial score (nSPS) is 12.2. The van der Waals surface area contributed by atoms with Gasteiger partial charge in [-0.25, -0.2) is 4.68 Å². The highest BCUT2D eigenvalue weighted by Crippen LogP contribution is 2.28. The molecule has 0 aliphatic carbocycles. The minimum absolute atomic E-state index is 0.0518. The van der Waals surface area contributed by atoms with Gasteiger partial charge in [0.2, 0.25) is 0 Å². The van der Waals surface area contributed by atoms with Crippen molar-refractivity contribution in [2.75, 3.05) is 0 Å². The third-order valence-corrected chi connectivity index (χ3v) is 3.48. The third kappa shape index (κ3) is 2.93. The van der Waals surface area contributed by atoms with Crippen LogP contribution >= 0.6 is 0 Å². The summed E-state index contributed by atoms with van der Waals surface area (Å²) in [5.74, 6) is 0.372. The second-order valence-electron chi connectivity index (χ2n) is 5.21. The number of benzene rings is 1. The van der Waals surface area contributed by atoms with Crippen LogP contribution in [0.4, 0.5) is 0 Å². The summed E-state index contributed by atoms with van der Waals surface area (Å²) in [7, 11) is 0. The predicted molar refractivity (Wildman–Crippen MR) is 81.9 cm³/mol. The van der Waals surface area contributed by atoms with E-state index in [9.17, 15) is 4.79 Å². The minimum Gasteiger partial charge on any atom is -0.481 e. The Kier molecular flexibility index (Phi) is 3.78. The molecule has 0 saturated carbocycles. The molecule has 0 amide bonds. The Labute approximate surface area is 127 Å². The molecule has 0 aliphatic heterocycles. The molecule has 0 fully saturated rings. The standard InChI is InChI=1S/C17H16N2O3/c1-12(9-17(20)21)15-7-8-16(22-15)13-10-18-19(11-13)14-5-3-2-4-6-14/h2-8,10-12H,9H2,1H3,(H,20,21). The van der Waals surface area contributed by atoms with E-state index < -0.39 is 5.97 Å². The highest BCUT2D eigenvalue weighted by atomic mass is 16.4. The Balaban J connectivity index is 1.82. The van der Waals surface area contributed by atoms with Crippen molar-refractivity contribution in [3.05, 3.63) is 60.6 Å². The highest BCUT2D eigenvalue weighted by Gasteiger charge is 2.15. The number of aliphatic carboxylic acids is 1. The van der Waals surface area contributed by atoms with Gasteiger partial charge in [0.15, 0.2) is 0 Å². The van der Waals surface area contributed by atoms with Crippen molar-refractivity contribution in [1.29, 1.82) is 0 Å². The van der Waals surface area contributed by atoms with E-state index in [2.05, 4.69) is 5.10 Å². The predicted octanol–water partition coefficient (Wildman–Crippen LogP) is 3.71. The molecule has 0 radical (unpaired) electrons. The number of aromatic nitrogens is 2. The first-order chi connectivity index (χ1) is 10.6. The molecule has 1 atom stereocenters. The largest absolute Gasteiger partial charge is 0.481 e. The van der Waals surface area contributed by atoms with Gasteiger partial charge < -0.3 is 9.52 Å². The van der Waals surface area contributed by atoms with E-state index in [1.165, 1.54) is 0 Å². The van der Waals surface area contributed by atoms with Crippen molar-refractivity contribution in [3.8, 4) is 17.0 Å². The molecule has 3 aromatic rings. The summed E-state index contributed by atoms with van der Waals surface area (Å²) in [5, 5.41) is 13.2. The SMILES string of the molecule is CC(CC(=O)O)c1ccc(-c2cnn(-c3ccccc3)c2)o1. The fourth-order valence-corrected chi connectivity index (χ4v) is 2.31. The van der Waals surface area contributed by atoms with Crippen molar-refractivity contribution in [3.63, 3.8) is 0 Å². The van der Waals surface area contributed by atoms with Gasteiger partial charge in [0.05, 0.1) is 23.9 Å². The summed E-state index contributed by atoms with van der Waals surface area (Å²) in [6.07, 6.45) is 3.67. The van der Waals surface area contributed by atoms with Crippen LogP contribution in [0.3, 0.4) is 0 Å². The van der Waals surface area contributed by atoms with Gasteiger partial charge in [0, 0.05) is 12.1 Å². The van der Waals surface area contributed by atoms with Crippen LogP contribution in [0.5, 0.6) is 0 Å². The van der Waals surface area contributed by atoms with Crippen molar-refractivity contribution >= 4 is 5.97 Å². The molecule has 5 nitrogen and oxygen atoms in total. The molecular weight excluding hydrogens is 280 g/mol. The smallest absolute Gasteiger partial charge is 0.304 e. The second kappa shape index (κ2) is 5.89. The van der Waals surface area contributed by atoms with Gasteiger partial charge in [-0.2, -0.15) is 5.10 Å². The van der Waals surface area contributed by atoms with Crippen LogP contribution in [0.25, 0.3) is 17.0 Å². The molecular formula is C17H16N2O3. The third-order valence-electron chi connectivity index (χ3n) is 3.48. The zero-order chi connectivity index (χ0) is 15.5. The molecule has 22 heavy (non-hydrogen) atoms. The van der Waals surface area contributed by atoms with Crippen LogP contribution in [0.1, 0.15) is 25.0 Å². The van der Waals surface area contributed by atoms with E-state index >= 15 is 0 Å². The van der Waals surface area contributed by atoms with E-state index in [4.69, 9.17) is 9.52 Å². The Morgan fingerprint density at radius 2 is 2.05 bits per heavy atom. The van der Waals surface area contributed by atoms with Crippen LogP contribution in [-0.4, -0.2) is 20.9 Å². The monoisotopic (exact) mass is 296 g/mol. The molecule has 2 heterocycles. The van der Waals surface area contributed by atoms with Crippen LogP contribution < -0.4 is 0 Å². The summed E-state index contributed by atoms with van der Waals surface area (Å²) in [6, 6.07) is 13.5. The van der Waals surface area contributed by atoms with Crippen LogP contribution in [-0.2, 0) is 4.79 Å². The number of furan rings is 1. The molecule has 1 aromatic carbocycles. The number of rotatable bonds is 5. The van der Waals surface area contributed by atoms with Crippen LogP contribution in [0, 0.1) is 0 Å². The summed E-state index contributed by atoms with van der Waals surface area (Å²) in [6.45, 7) is 1.84. The summed E-state index contributed by atoms with van der Waals surface area (Å²) >= 11 is 0. The van der Waals surface area contributed by atoms with E-state index in [-0.39, 0.29) is 12.3 Å². The first-order valence-corrected chi connectivity index (χ1v) is 7.05. The molecule has 2 aromatic heterocycles. The minimum atomic E-state index is -0.831. The molecule has 112 valence electrons. The lowest BCUT2D eigenvalue weighted by molar-refractivity contribution is -0.137. The van der Waals surface area contributed by atoms with E-state index in [0.717, 1.165) is 11.3 Å². The maximum atomic E-state index is 10.8. The average Bonchev–Trinajstić information content (AvgIpc) is 3.17. The lowest BCUT2D eigenvalue weighted by Crippen LogP contribution is -2.01. The van der Waals surface area contributed by atoms with E-state index in [0.29, 0.717) is 11.5 Å². The Morgan fingerprint density at radius 1 is 1.27 bits per heavy atom. The number of hydrogen-bond acceptors (Lipinski definition) is 3. The Bertz CT molecular complexity index is 774. The Hall–Kier alpha value is -2.82. The summed E-state index contributed by atoms with van der Waals surface area (Å²) in [5.41, 5.74) is 1.83. The maximum Gasteiger partial charge on any atom is 0.304 e. The fourth-order valence-electron chi connectivity index (χ4n) is 2.31. The number of para-hydroxylation sites is 1. The molecule has 1 unspecified atom stereocenters. The van der Waals surface area contributed by atoms with Gasteiger partial charge in [-0.15, -0.1) is 0 Å². The fraction of sp³-hybridized carbons (Fsp3) is 0.176. The molecule has 3 rings (SSSR count). The summed E-state index contributed by atoms with van der Waals surface area (Å²) < 4.78 is 7.54. The van der Waals surface area contributed by atoms with Gasteiger partial charge in [0.1, 0.15) is 11.5 Å². The zero-order valence-electron chi connectivity index (χ0n) is 12.1. The average molecular weight is 296 g/mol. The van der Waals surface area contributed by atoms with E-state index in [1.54, 1.807) is 10.9 Å². The lowest BCUT2D eigenvalue weighted by Gasteiger charge is -2.03. The number of hydrogen-bond donors (Lipinski definition) is 1. The molecule has 0 spiro atoms. The molecule has 1 N–H and O–H groups in total. The quantitative estimate of drug-likeness (QED) is 0.779. The lowest BCUT2D eigenvalue weighted by atomic mass is 10.1. The molecule has 0 aliphatic rings. The van der Waals surface area contributed by atoms with Crippen molar-refractivity contribution in [2.24, 2.45) is 0 Å². The van der Waals surface area contributed by atoms with Gasteiger partial charge in [-0.1, -0.05) is 25.1 Å². The topological polar surface area (TPSA) is 68.3 Å². The van der Waals surface area contributed by atoms with Gasteiger partial charge in [0.25, 0.3) is 0 Å². The van der Waals surface area contributed by atoms with Crippen LogP contribution in [0.2, 0.25) is 0 Å². The zero-order valence-corrected chi connectivity index (χ0v) is 12.1. The first kappa shape index (κ1) is 14.1. The first-order valence-electron chi connectivity index (χ1n) is 7.05. The molecule has 0 bridgehead atoms. The van der Waals surface area contributed by atoms with Crippen molar-refractivity contribution in [1.82, 2.24) is 9.78 Å².